The molecule has 3 aliphatic rings. The van der Waals surface area contributed by atoms with Gasteiger partial charge in [0.25, 0.3) is 5.91 Å². The highest BCUT2D eigenvalue weighted by atomic mass is 16.2. The second-order valence-corrected chi connectivity index (χ2v) is 8.26. The number of likely N-dealkylation sites (tertiary alicyclic amines) is 2. The van der Waals surface area contributed by atoms with E-state index in [4.69, 9.17) is 0 Å². The molecule has 1 aromatic rings. The van der Waals surface area contributed by atoms with E-state index < -0.39 is 0 Å². The molecule has 1 spiro atoms. The van der Waals surface area contributed by atoms with Crippen molar-refractivity contribution in [3.63, 3.8) is 0 Å². The van der Waals surface area contributed by atoms with Gasteiger partial charge in [-0.1, -0.05) is 6.92 Å². The van der Waals surface area contributed by atoms with Crippen LogP contribution in [0.4, 0.5) is 0 Å². The van der Waals surface area contributed by atoms with Gasteiger partial charge in [-0.25, -0.2) is 0 Å². The molecule has 1 saturated carbocycles. The van der Waals surface area contributed by atoms with E-state index in [0.29, 0.717) is 18.0 Å². The summed E-state index contributed by atoms with van der Waals surface area (Å²) in [6.07, 6.45) is 7.23. The van der Waals surface area contributed by atoms with Crippen LogP contribution < -0.4 is 0 Å². The predicted octanol–water partition coefficient (Wildman–Crippen LogP) is 2.83. The number of aromatic nitrogens is 1. The molecule has 4 rings (SSSR count). The van der Waals surface area contributed by atoms with E-state index in [1.165, 1.54) is 12.8 Å². The van der Waals surface area contributed by atoms with Gasteiger partial charge in [-0.15, -0.1) is 0 Å². The number of nitrogens with zero attached hydrogens (tertiary/aromatic N) is 2. The molecule has 2 amide bonds. The fourth-order valence-corrected chi connectivity index (χ4v) is 4.41. The number of hydrogen-bond acceptors (Lipinski definition) is 2. The van der Waals surface area contributed by atoms with Crippen LogP contribution in [0.5, 0.6) is 0 Å². The zero-order valence-electron chi connectivity index (χ0n) is 15.2. The van der Waals surface area contributed by atoms with Crippen molar-refractivity contribution < 1.29 is 9.59 Å². The lowest BCUT2D eigenvalue weighted by molar-refractivity contribution is -0.139. The maximum atomic E-state index is 12.7. The van der Waals surface area contributed by atoms with Crippen molar-refractivity contribution in [1.29, 1.82) is 0 Å². The molecule has 5 nitrogen and oxygen atoms in total. The summed E-state index contributed by atoms with van der Waals surface area (Å²) < 4.78 is 0. The average molecular weight is 343 g/mol. The highest BCUT2D eigenvalue weighted by molar-refractivity contribution is 5.92. The summed E-state index contributed by atoms with van der Waals surface area (Å²) in [4.78, 5) is 32.3. The smallest absolute Gasteiger partial charge is 0.270 e. The number of amides is 2. The monoisotopic (exact) mass is 343 g/mol. The third-order valence-electron chi connectivity index (χ3n) is 6.39. The number of rotatable bonds is 4. The molecule has 0 radical (unpaired) electrons. The Hall–Kier alpha value is -1.78. The SMILES string of the molecule is CCc1ccc(C(=O)N2CCC3(CCC(=O)N(CC4CC4)C3)CC2)[nH]1. The average Bonchev–Trinajstić information content (AvgIpc) is 3.31. The molecule has 5 heteroatoms. The second-order valence-electron chi connectivity index (χ2n) is 8.26. The highest BCUT2D eigenvalue weighted by Crippen LogP contribution is 2.42. The van der Waals surface area contributed by atoms with Crippen LogP contribution in [0.1, 0.15) is 61.6 Å². The number of aromatic amines is 1. The summed E-state index contributed by atoms with van der Waals surface area (Å²) in [7, 11) is 0. The molecule has 1 aliphatic carbocycles. The van der Waals surface area contributed by atoms with Gasteiger partial charge in [-0.2, -0.15) is 0 Å². The molecule has 3 fully saturated rings. The first-order valence-corrected chi connectivity index (χ1v) is 9.83. The molecule has 0 unspecified atom stereocenters. The Kier molecular flexibility index (Phi) is 4.34. The van der Waals surface area contributed by atoms with Crippen molar-refractivity contribution in [2.24, 2.45) is 11.3 Å². The van der Waals surface area contributed by atoms with Gasteiger partial charge >= 0.3 is 0 Å². The molecule has 1 aromatic heterocycles. The summed E-state index contributed by atoms with van der Waals surface area (Å²) in [5.74, 6) is 1.21. The van der Waals surface area contributed by atoms with Crippen molar-refractivity contribution >= 4 is 11.8 Å². The van der Waals surface area contributed by atoms with Gasteiger partial charge in [0.15, 0.2) is 0 Å². The number of carbonyl (C=O) groups excluding carboxylic acids is 2. The summed E-state index contributed by atoms with van der Waals surface area (Å²) in [6, 6.07) is 3.91. The van der Waals surface area contributed by atoms with Crippen molar-refractivity contribution in [2.45, 2.75) is 51.9 Å². The largest absolute Gasteiger partial charge is 0.354 e. The van der Waals surface area contributed by atoms with Crippen LogP contribution in [0, 0.1) is 11.3 Å². The predicted molar refractivity (Wildman–Crippen MR) is 96.3 cm³/mol. The van der Waals surface area contributed by atoms with Crippen molar-refractivity contribution in [2.75, 3.05) is 26.2 Å². The van der Waals surface area contributed by atoms with Gasteiger partial charge in [0.05, 0.1) is 0 Å². The fourth-order valence-electron chi connectivity index (χ4n) is 4.41. The minimum absolute atomic E-state index is 0.122. The molecule has 1 N–H and O–H groups in total. The Morgan fingerprint density at radius 2 is 2.00 bits per heavy atom. The van der Waals surface area contributed by atoms with Gasteiger partial charge in [-0.05, 0) is 62.0 Å². The van der Waals surface area contributed by atoms with Crippen LogP contribution in [0.3, 0.4) is 0 Å². The zero-order valence-corrected chi connectivity index (χ0v) is 15.2. The molecule has 2 saturated heterocycles. The van der Waals surface area contributed by atoms with Crippen molar-refractivity contribution in [3.8, 4) is 0 Å². The normalized spacial score (nSPS) is 23.3. The van der Waals surface area contributed by atoms with E-state index in [0.717, 1.165) is 63.5 Å². The lowest BCUT2D eigenvalue weighted by Crippen LogP contribution is -2.52. The van der Waals surface area contributed by atoms with E-state index in [1.54, 1.807) is 0 Å². The summed E-state index contributed by atoms with van der Waals surface area (Å²) >= 11 is 0. The number of aryl methyl sites for hydroxylation is 1. The number of carbonyl (C=O) groups is 2. The van der Waals surface area contributed by atoms with Crippen molar-refractivity contribution in [3.05, 3.63) is 23.5 Å². The fraction of sp³-hybridized carbons (Fsp3) is 0.700. The maximum Gasteiger partial charge on any atom is 0.270 e. The van der Waals surface area contributed by atoms with Gasteiger partial charge < -0.3 is 14.8 Å². The third kappa shape index (κ3) is 3.46. The molecule has 0 atom stereocenters. The van der Waals surface area contributed by atoms with Crippen LogP contribution in [0.2, 0.25) is 0 Å². The van der Waals surface area contributed by atoms with E-state index >= 15 is 0 Å². The number of hydrogen-bond donors (Lipinski definition) is 1. The van der Waals surface area contributed by atoms with Crippen LogP contribution in [-0.4, -0.2) is 52.8 Å². The molecule has 2 aliphatic heterocycles. The Bertz CT molecular complexity index is 654. The van der Waals surface area contributed by atoms with Gasteiger partial charge in [0.1, 0.15) is 5.69 Å². The number of piperidine rings is 2. The van der Waals surface area contributed by atoms with Crippen molar-refractivity contribution in [1.82, 2.24) is 14.8 Å². The van der Waals surface area contributed by atoms with Crippen LogP contribution in [-0.2, 0) is 11.2 Å². The molecular weight excluding hydrogens is 314 g/mol. The Labute approximate surface area is 149 Å². The first kappa shape index (κ1) is 16.7. The Morgan fingerprint density at radius 1 is 1.24 bits per heavy atom. The van der Waals surface area contributed by atoms with E-state index in [1.807, 2.05) is 17.0 Å². The zero-order chi connectivity index (χ0) is 17.4. The standard InChI is InChI=1S/C20H29N3O2/c1-2-16-5-6-17(21-16)19(25)22-11-9-20(10-12-22)8-7-18(24)23(14-20)13-15-3-4-15/h5-6,15,21H,2-4,7-14H2,1H3. The second kappa shape index (κ2) is 6.50. The van der Waals surface area contributed by atoms with E-state index in [9.17, 15) is 9.59 Å². The first-order valence-electron chi connectivity index (χ1n) is 9.83. The van der Waals surface area contributed by atoms with Crippen LogP contribution >= 0.6 is 0 Å². The third-order valence-corrected chi connectivity index (χ3v) is 6.39. The molecular formula is C20H29N3O2. The van der Waals surface area contributed by atoms with Gasteiger partial charge in [0.2, 0.25) is 5.91 Å². The van der Waals surface area contributed by atoms with Crippen LogP contribution in [0.15, 0.2) is 12.1 Å². The minimum atomic E-state index is 0.122. The van der Waals surface area contributed by atoms with E-state index in [2.05, 4.69) is 16.8 Å². The molecule has 0 aromatic carbocycles. The highest BCUT2D eigenvalue weighted by Gasteiger charge is 2.42. The number of H-pyrrole nitrogens is 1. The molecule has 0 bridgehead atoms. The maximum absolute atomic E-state index is 12.7. The lowest BCUT2D eigenvalue weighted by atomic mass is 9.72. The summed E-state index contributed by atoms with van der Waals surface area (Å²) in [5, 5.41) is 0. The molecule has 3 heterocycles. The summed E-state index contributed by atoms with van der Waals surface area (Å²) in [5.41, 5.74) is 2.06. The quantitative estimate of drug-likeness (QED) is 0.914. The molecule has 25 heavy (non-hydrogen) atoms. The van der Waals surface area contributed by atoms with Gasteiger partial charge in [-0.3, -0.25) is 9.59 Å². The van der Waals surface area contributed by atoms with Gasteiger partial charge in [0, 0.05) is 38.3 Å². The number of nitrogens with one attached hydrogen (secondary N) is 1. The van der Waals surface area contributed by atoms with Crippen LogP contribution in [0.25, 0.3) is 0 Å². The Morgan fingerprint density at radius 3 is 2.64 bits per heavy atom. The van der Waals surface area contributed by atoms with E-state index in [-0.39, 0.29) is 11.3 Å². The molecule has 136 valence electrons. The lowest BCUT2D eigenvalue weighted by Gasteiger charge is -2.47. The Balaban J connectivity index is 1.36. The minimum Gasteiger partial charge on any atom is -0.354 e. The summed E-state index contributed by atoms with van der Waals surface area (Å²) in [6.45, 7) is 5.58. The topological polar surface area (TPSA) is 56.4 Å². The first-order chi connectivity index (χ1) is 12.1.